The van der Waals surface area contributed by atoms with E-state index in [0.29, 0.717) is 22.8 Å². The third-order valence-corrected chi connectivity index (χ3v) is 4.98. The smallest absolute Gasteiger partial charge is 0.391 e. The topological polar surface area (TPSA) is 66.5 Å². The lowest BCUT2D eigenvalue weighted by atomic mass is 9.96. The van der Waals surface area contributed by atoms with Crippen LogP contribution in [0.15, 0.2) is 30.5 Å². The van der Waals surface area contributed by atoms with Gasteiger partial charge in [-0.2, -0.15) is 13.2 Å². The van der Waals surface area contributed by atoms with Gasteiger partial charge < -0.3 is 20.3 Å². The molecule has 0 atom stereocenters. The molecular weight excluding hydrogens is 392 g/mol. The van der Waals surface area contributed by atoms with Gasteiger partial charge in [-0.1, -0.05) is 0 Å². The van der Waals surface area contributed by atoms with Gasteiger partial charge in [0.15, 0.2) is 18.2 Å². The van der Waals surface area contributed by atoms with Crippen LogP contribution in [0.1, 0.15) is 12.8 Å². The third kappa shape index (κ3) is 4.20. The van der Waals surface area contributed by atoms with Crippen molar-refractivity contribution in [2.24, 2.45) is 5.92 Å². The Bertz CT molecular complexity index is 927. The maximum atomic E-state index is 14.5. The standard InChI is InChI=1S/C19H18F4N4O2/c20-14-7-13(25-12-1-2-15-16(8-12)29-10-17(28)26-15)9-24-18(14)27-5-3-11(4-6-27)19(21,22)23/h1-2,7-9,11,25H,3-6,10H2,(H,26,28). The molecule has 2 aromatic rings. The fourth-order valence-electron chi connectivity index (χ4n) is 3.47. The second kappa shape index (κ2) is 7.41. The number of hydrogen-bond donors (Lipinski definition) is 2. The lowest BCUT2D eigenvalue weighted by Crippen LogP contribution is -2.39. The zero-order valence-electron chi connectivity index (χ0n) is 15.2. The minimum atomic E-state index is -4.22. The average Bonchev–Trinajstić information content (AvgIpc) is 2.68. The van der Waals surface area contributed by atoms with Gasteiger partial charge in [0.25, 0.3) is 5.91 Å². The summed E-state index contributed by atoms with van der Waals surface area (Å²) in [6, 6.07) is 6.28. The first-order chi connectivity index (χ1) is 13.8. The van der Waals surface area contributed by atoms with E-state index in [-0.39, 0.29) is 44.3 Å². The molecule has 1 fully saturated rings. The van der Waals surface area contributed by atoms with Crippen molar-refractivity contribution in [2.75, 3.05) is 35.2 Å². The monoisotopic (exact) mass is 410 g/mol. The van der Waals surface area contributed by atoms with Crippen molar-refractivity contribution in [1.82, 2.24) is 4.98 Å². The van der Waals surface area contributed by atoms with Gasteiger partial charge in [0.05, 0.1) is 23.5 Å². The summed E-state index contributed by atoms with van der Waals surface area (Å²) in [5.41, 5.74) is 1.55. The Balaban J connectivity index is 1.44. The normalized spacial score (nSPS) is 17.4. The molecule has 0 unspecified atom stereocenters. The van der Waals surface area contributed by atoms with Crippen molar-refractivity contribution in [3.8, 4) is 5.75 Å². The fraction of sp³-hybridized carbons (Fsp3) is 0.368. The van der Waals surface area contributed by atoms with Crippen LogP contribution in [0.5, 0.6) is 5.75 Å². The molecule has 2 aliphatic heterocycles. The Morgan fingerprint density at radius 2 is 1.93 bits per heavy atom. The van der Waals surface area contributed by atoms with E-state index in [1.165, 1.54) is 17.2 Å². The molecule has 154 valence electrons. The van der Waals surface area contributed by atoms with E-state index in [1.54, 1.807) is 18.2 Å². The highest BCUT2D eigenvalue weighted by Crippen LogP contribution is 2.36. The number of benzene rings is 1. The predicted molar refractivity (Wildman–Crippen MR) is 99.0 cm³/mol. The lowest BCUT2D eigenvalue weighted by molar-refractivity contribution is -0.179. The summed E-state index contributed by atoms with van der Waals surface area (Å²) in [5, 5.41) is 5.68. The van der Waals surface area contributed by atoms with Crippen molar-refractivity contribution in [2.45, 2.75) is 19.0 Å². The highest BCUT2D eigenvalue weighted by atomic mass is 19.4. The van der Waals surface area contributed by atoms with Gasteiger partial charge in [-0.05, 0) is 25.0 Å². The number of halogens is 4. The Labute approximate surface area is 163 Å². The van der Waals surface area contributed by atoms with E-state index in [1.807, 2.05) is 0 Å². The van der Waals surface area contributed by atoms with Gasteiger partial charge in [-0.3, -0.25) is 4.79 Å². The molecule has 2 aliphatic rings. The molecule has 1 aromatic heterocycles. The molecular formula is C19H18F4N4O2. The molecule has 4 rings (SSSR count). The van der Waals surface area contributed by atoms with E-state index >= 15 is 0 Å². The first-order valence-corrected chi connectivity index (χ1v) is 9.10. The summed E-state index contributed by atoms with van der Waals surface area (Å²) >= 11 is 0. The molecule has 0 radical (unpaired) electrons. The number of alkyl halides is 3. The number of aromatic nitrogens is 1. The van der Waals surface area contributed by atoms with E-state index in [0.717, 1.165) is 0 Å². The van der Waals surface area contributed by atoms with Crippen LogP contribution in [-0.4, -0.2) is 36.8 Å². The van der Waals surface area contributed by atoms with Crippen LogP contribution < -0.4 is 20.3 Å². The molecule has 0 bridgehead atoms. The number of carbonyl (C=O) groups is 1. The Kier molecular flexibility index (Phi) is 4.93. The van der Waals surface area contributed by atoms with Crippen LogP contribution >= 0.6 is 0 Å². The number of ether oxygens (including phenoxy) is 1. The van der Waals surface area contributed by atoms with Gasteiger partial charge in [-0.25, -0.2) is 9.37 Å². The molecule has 10 heteroatoms. The molecule has 0 spiro atoms. The Morgan fingerprint density at radius 3 is 2.62 bits per heavy atom. The SMILES string of the molecule is O=C1COc2cc(Nc3cnc(N4CCC(C(F)(F)F)CC4)c(F)c3)ccc2N1. The van der Waals surface area contributed by atoms with Crippen molar-refractivity contribution >= 4 is 28.8 Å². The van der Waals surface area contributed by atoms with E-state index in [2.05, 4.69) is 15.6 Å². The number of carbonyl (C=O) groups excluding carboxylic acids is 1. The highest BCUT2D eigenvalue weighted by molar-refractivity contribution is 5.95. The molecule has 3 heterocycles. The van der Waals surface area contributed by atoms with Gasteiger partial charge >= 0.3 is 6.18 Å². The zero-order chi connectivity index (χ0) is 20.6. The lowest BCUT2D eigenvalue weighted by Gasteiger charge is -2.33. The number of fused-ring (bicyclic) bond motifs is 1. The second-order valence-corrected chi connectivity index (χ2v) is 7.01. The highest BCUT2D eigenvalue weighted by Gasteiger charge is 2.41. The van der Waals surface area contributed by atoms with Crippen molar-refractivity contribution < 1.29 is 27.1 Å². The first-order valence-electron chi connectivity index (χ1n) is 9.10. The van der Waals surface area contributed by atoms with Gasteiger partial charge in [0, 0.05) is 30.9 Å². The molecule has 29 heavy (non-hydrogen) atoms. The summed E-state index contributed by atoms with van der Waals surface area (Å²) < 4.78 is 58.3. The summed E-state index contributed by atoms with van der Waals surface area (Å²) in [6.45, 7) is 0.135. The minimum Gasteiger partial charge on any atom is -0.482 e. The van der Waals surface area contributed by atoms with Crippen molar-refractivity contribution in [3.05, 3.63) is 36.3 Å². The number of pyridine rings is 1. The number of piperidine rings is 1. The Morgan fingerprint density at radius 1 is 1.17 bits per heavy atom. The largest absolute Gasteiger partial charge is 0.482 e. The fourth-order valence-corrected chi connectivity index (χ4v) is 3.47. The van der Waals surface area contributed by atoms with E-state index in [9.17, 15) is 22.4 Å². The Hall–Kier alpha value is -3.04. The third-order valence-electron chi connectivity index (χ3n) is 4.98. The number of nitrogens with one attached hydrogen (secondary N) is 2. The number of anilines is 4. The second-order valence-electron chi connectivity index (χ2n) is 7.01. The number of rotatable bonds is 3. The van der Waals surface area contributed by atoms with Crippen molar-refractivity contribution in [3.63, 3.8) is 0 Å². The van der Waals surface area contributed by atoms with Crippen molar-refractivity contribution in [1.29, 1.82) is 0 Å². The summed E-state index contributed by atoms with van der Waals surface area (Å²) in [4.78, 5) is 16.9. The number of amides is 1. The van der Waals surface area contributed by atoms with Gasteiger partial charge in [0.2, 0.25) is 0 Å². The van der Waals surface area contributed by atoms with E-state index < -0.39 is 17.9 Å². The van der Waals surface area contributed by atoms with Crippen LogP contribution in [0, 0.1) is 11.7 Å². The summed E-state index contributed by atoms with van der Waals surface area (Å²) in [5.74, 6) is -1.65. The maximum Gasteiger partial charge on any atom is 0.391 e. The van der Waals surface area contributed by atoms with Crippen LogP contribution in [0.4, 0.5) is 40.4 Å². The van der Waals surface area contributed by atoms with Gasteiger partial charge in [0.1, 0.15) is 5.75 Å². The number of nitrogens with zero attached hydrogens (tertiary/aromatic N) is 2. The molecule has 0 saturated carbocycles. The van der Waals surface area contributed by atoms with E-state index in [4.69, 9.17) is 4.74 Å². The molecule has 2 N–H and O–H groups in total. The van der Waals surface area contributed by atoms with Crippen LogP contribution in [0.3, 0.4) is 0 Å². The zero-order valence-corrected chi connectivity index (χ0v) is 15.2. The van der Waals surface area contributed by atoms with Crippen LogP contribution in [0.2, 0.25) is 0 Å². The predicted octanol–water partition coefficient (Wildman–Crippen LogP) is 4.07. The molecule has 1 amide bonds. The van der Waals surface area contributed by atoms with Gasteiger partial charge in [-0.15, -0.1) is 0 Å². The summed E-state index contributed by atoms with van der Waals surface area (Å²) in [6.07, 6.45) is -2.93. The molecule has 1 saturated heterocycles. The minimum absolute atomic E-state index is 0.0488. The molecule has 1 aromatic carbocycles. The average molecular weight is 410 g/mol. The quantitative estimate of drug-likeness (QED) is 0.747. The van der Waals surface area contributed by atoms with Crippen LogP contribution in [-0.2, 0) is 4.79 Å². The number of hydrogen-bond acceptors (Lipinski definition) is 5. The summed E-state index contributed by atoms with van der Waals surface area (Å²) in [7, 11) is 0. The maximum absolute atomic E-state index is 14.5. The molecule has 0 aliphatic carbocycles. The molecule has 6 nitrogen and oxygen atoms in total. The first kappa shape index (κ1) is 19.3. The van der Waals surface area contributed by atoms with Crippen LogP contribution in [0.25, 0.3) is 0 Å².